The smallest absolute Gasteiger partial charge is 0.324 e. The minimum Gasteiger partial charge on any atom is -0.367 e. The standard InChI is InChI=1S/C8H13FN2O2/c1-8(2,3)11-4-5(9)6(12)10-7(11)13/h4,6,12H,1-3H3,(H,10,13). The number of hydrogen-bond donors (Lipinski definition) is 2. The molecule has 0 aromatic heterocycles. The van der Waals surface area contributed by atoms with Crippen molar-refractivity contribution in [1.29, 1.82) is 0 Å². The van der Waals surface area contributed by atoms with Gasteiger partial charge in [0.1, 0.15) is 0 Å². The molecule has 74 valence electrons. The average Bonchev–Trinajstić information content (AvgIpc) is 1.94. The number of carbonyl (C=O) groups excluding carboxylic acids is 1. The Hall–Kier alpha value is -1.10. The van der Waals surface area contributed by atoms with Crippen LogP contribution in [-0.2, 0) is 0 Å². The lowest BCUT2D eigenvalue weighted by molar-refractivity contribution is 0.105. The molecule has 0 bridgehead atoms. The molecule has 0 spiro atoms. The third-order valence-electron chi connectivity index (χ3n) is 1.72. The Balaban J connectivity index is 2.94. The zero-order valence-corrected chi connectivity index (χ0v) is 7.84. The van der Waals surface area contributed by atoms with Gasteiger partial charge in [0.2, 0.25) is 0 Å². The van der Waals surface area contributed by atoms with Gasteiger partial charge in [0.25, 0.3) is 0 Å². The molecule has 0 aliphatic carbocycles. The van der Waals surface area contributed by atoms with Crippen LogP contribution in [0.4, 0.5) is 9.18 Å². The number of rotatable bonds is 0. The van der Waals surface area contributed by atoms with Gasteiger partial charge in [0.15, 0.2) is 12.1 Å². The Bertz CT molecular complexity index is 257. The summed E-state index contributed by atoms with van der Waals surface area (Å²) in [6, 6.07) is -0.499. The monoisotopic (exact) mass is 188 g/mol. The van der Waals surface area contributed by atoms with Crippen LogP contribution in [0.5, 0.6) is 0 Å². The van der Waals surface area contributed by atoms with Crippen molar-refractivity contribution in [2.24, 2.45) is 0 Å². The molecule has 5 heteroatoms. The topological polar surface area (TPSA) is 52.6 Å². The molecular formula is C8H13FN2O2. The van der Waals surface area contributed by atoms with E-state index < -0.39 is 23.6 Å². The van der Waals surface area contributed by atoms with E-state index in [1.807, 2.05) is 0 Å². The van der Waals surface area contributed by atoms with Gasteiger partial charge in [-0.1, -0.05) is 0 Å². The molecule has 4 nitrogen and oxygen atoms in total. The Labute approximate surface area is 76.0 Å². The summed E-state index contributed by atoms with van der Waals surface area (Å²) in [5.74, 6) is -0.755. The van der Waals surface area contributed by atoms with Crippen LogP contribution in [0.25, 0.3) is 0 Å². The molecular weight excluding hydrogens is 175 g/mol. The third kappa shape index (κ3) is 1.98. The number of carbonyl (C=O) groups is 1. The average molecular weight is 188 g/mol. The molecule has 0 aromatic carbocycles. The highest BCUT2D eigenvalue weighted by atomic mass is 19.1. The molecule has 13 heavy (non-hydrogen) atoms. The second-order valence-electron chi connectivity index (χ2n) is 3.91. The van der Waals surface area contributed by atoms with Crippen LogP contribution in [0, 0.1) is 0 Å². The molecule has 1 heterocycles. The van der Waals surface area contributed by atoms with Crippen LogP contribution >= 0.6 is 0 Å². The second kappa shape index (κ2) is 2.99. The molecule has 1 aliphatic rings. The van der Waals surface area contributed by atoms with E-state index in [4.69, 9.17) is 5.11 Å². The molecule has 0 fully saturated rings. The fraction of sp³-hybridized carbons (Fsp3) is 0.625. The van der Waals surface area contributed by atoms with Crippen LogP contribution in [0.15, 0.2) is 12.0 Å². The van der Waals surface area contributed by atoms with Gasteiger partial charge in [-0.25, -0.2) is 9.18 Å². The minimum absolute atomic E-state index is 0.498. The van der Waals surface area contributed by atoms with Crippen molar-refractivity contribution < 1.29 is 14.3 Å². The zero-order valence-electron chi connectivity index (χ0n) is 7.84. The van der Waals surface area contributed by atoms with Crippen LogP contribution in [0.2, 0.25) is 0 Å². The van der Waals surface area contributed by atoms with Crippen molar-refractivity contribution in [2.45, 2.75) is 32.5 Å². The number of amides is 2. The highest BCUT2D eigenvalue weighted by Crippen LogP contribution is 2.20. The van der Waals surface area contributed by atoms with Gasteiger partial charge in [0.05, 0.1) is 0 Å². The maximum absolute atomic E-state index is 12.9. The van der Waals surface area contributed by atoms with E-state index in [1.54, 1.807) is 20.8 Å². The highest BCUT2D eigenvalue weighted by molar-refractivity contribution is 5.77. The summed E-state index contributed by atoms with van der Waals surface area (Å²) in [4.78, 5) is 12.4. The summed E-state index contributed by atoms with van der Waals surface area (Å²) < 4.78 is 12.9. The highest BCUT2D eigenvalue weighted by Gasteiger charge is 2.32. The van der Waals surface area contributed by atoms with E-state index >= 15 is 0 Å². The summed E-state index contributed by atoms with van der Waals surface area (Å²) in [5, 5.41) is 11.0. The fourth-order valence-corrected chi connectivity index (χ4v) is 1.01. The lowest BCUT2D eigenvalue weighted by Crippen LogP contribution is -2.53. The first kappa shape index (κ1) is 9.98. The quantitative estimate of drug-likeness (QED) is 0.594. The largest absolute Gasteiger partial charge is 0.367 e. The van der Waals surface area contributed by atoms with E-state index in [-0.39, 0.29) is 0 Å². The number of aliphatic hydroxyl groups excluding tert-OH is 1. The molecule has 0 radical (unpaired) electrons. The summed E-state index contributed by atoms with van der Waals surface area (Å²) in [6.45, 7) is 5.32. The summed E-state index contributed by atoms with van der Waals surface area (Å²) in [6.07, 6.45) is -0.491. The maximum atomic E-state index is 12.9. The van der Waals surface area contributed by atoms with Crippen molar-refractivity contribution in [2.75, 3.05) is 0 Å². The van der Waals surface area contributed by atoms with Gasteiger partial charge < -0.3 is 10.4 Å². The number of nitrogens with zero attached hydrogens (tertiary/aromatic N) is 1. The third-order valence-corrected chi connectivity index (χ3v) is 1.72. The molecule has 1 atom stereocenters. The van der Waals surface area contributed by atoms with Crippen molar-refractivity contribution in [3.05, 3.63) is 12.0 Å². The molecule has 0 saturated heterocycles. The first-order chi connectivity index (χ1) is 5.82. The molecule has 0 aromatic rings. The van der Waals surface area contributed by atoms with Crippen LogP contribution in [0.3, 0.4) is 0 Å². The summed E-state index contributed by atoms with van der Waals surface area (Å²) >= 11 is 0. The van der Waals surface area contributed by atoms with Gasteiger partial charge in [-0.15, -0.1) is 0 Å². The van der Waals surface area contributed by atoms with Gasteiger partial charge in [-0.05, 0) is 20.8 Å². The predicted molar refractivity (Wildman–Crippen MR) is 45.3 cm³/mol. The molecule has 2 N–H and O–H groups in total. The maximum Gasteiger partial charge on any atom is 0.324 e. The molecule has 2 amide bonds. The molecule has 1 unspecified atom stereocenters. The summed E-state index contributed by atoms with van der Waals surface area (Å²) in [7, 11) is 0. The first-order valence-corrected chi connectivity index (χ1v) is 3.97. The van der Waals surface area contributed by atoms with Crippen molar-refractivity contribution in [3.8, 4) is 0 Å². The SMILES string of the molecule is CC(C)(C)N1C=C(F)C(O)NC1=O. The van der Waals surface area contributed by atoms with Crippen molar-refractivity contribution >= 4 is 6.03 Å². The van der Waals surface area contributed by atoms with Gasteiger partial charge in [-0.3, -0.25) is 4.90 Å². The lowest BCUT2D eigenvalue weighted by atomic mass is 10.1. The van der Waals surface area contributed by atoms with E-state index in [2.05, 4.69) is 5.32 Å². The zero-order chi connectivity index (χ0) is 10.2. The molecule has 0 saturated carbocycles. The summed E-state index contributed by atoms with van der Waals surface area (Å²) in [5.41, 5.74) is -0.498. The number of hydrogen-bond acceptors (Lipinski definition) is 2. The van der Waals surface area contributed by atoms with Crippen molar-refractivity contribution in [3.63, 3.8) is 0 Å². The number of urea groups is 1. The predicted octanol–water partition coefficient (Wildman–Crippen LogP) is 0.939. The number of halogens is 1. The van der Waals surface area contributed by atoms with Crippen LogP contribution in [0.1, 0.15) is 20.8 Å². The number of nitrogens with one attached hydrogen (secondary N) is 1. The second-order valence-corrected chi connectivity index (χ2v) is 3.91. The normalized spacial score (nSPS) is 24.1. The van der Waals surface area contributed by atoms with Crippen molar-refractivity contribution in [1.82, 2.24) is 10.2 Å². The van der Waals surface area contributed by atoms with E-state index in [0.717, 1.165) is 6.20 Å². The lowest BCUT2D eigenvalue weighted by Gasteiger charge is -2.36. The van der Waals surface area contributed by atoms with Crippen LogP contribution in [-0.4, -0.2) is 27.8 Å². The Morgan fingerprint density at radius 1 is 1.62 bits per heavy atom. The molecule has 1 rings (SSSR count). The molecule has 1 aliphatic heterocycles. The van der Waals surface area contributed by atoms with Crippen LogP contribution < -0.4 is 5.32 Å². The van der Waals surface area contributed by atoms with E-state index in [9.17, 15) is 9.18 Å². The van der Waals surface area contributed by atoms with Gasteiger partial charge in [0, 0.05) is 11.7 Å². The Morgan fingerprint density at radius 3 is 2.62 bits per heavy atom. The minimum atomic E-state index is -1.51. The fourth-order valence-electron chi connectivity index (χ4n) is 1.01. The van der Waals surface area contributed by atoms with Gasteiger partial charge in [-0.2, -0.15) is 0 Å². The van der Waals surface area contributed by atoms with Gasteiger partial charge >= 0.3 is 6.03 Å². The van der Waals surface area contributed by atoms with E-state index in [0.29, 0.717) is 0 Å². The Morgan fingerprint density at radius 2 is 2.15 bits per heavy atom. The first-order valence-electron chi connectivity index (χ1n) is 3.97. The van der Waals surface area contributed by atoms with E-state index in [1.165, 1.54) is 4.90 Å². The number of aliphatic hydroxyl groups is 1. The Kier molecular flexibility index (Phi) is 2.30.